The van der Waals surface area contributed by atoms with Crippen molar-refractivity contribution in [2.45, 2.75) is 18.7 Å². The molecule has 96 valence electrons. The first-order valence-corrected chi connectivity index (χ1v) is 7.47. The predicted octanol–water partition coefficient (Wildman–Crippen LogP) is 2.59. The normalized spacial score (nSPS) is 11.5. The average molecular weight is 330 g/mol. The van der Waals surface area contributed by atoms with E-state index in [0.29, 0.717) is 15.9 Å². The van der Waals surface area contributed by atoms with Crippen molar-refractivity contribution < 1.29 is 8.42 Å². The molecule has 0 unspecified atom stereocenters. The van der Waals surface area contributed by atoms with Crippen LogP contribution < -0.4 is 4.72 Å². The van der Waals surface area contributed by atoms with Crippen LogP contribution in [-0.4, -0.2) is 18.6 Å². The van der Waals surface area contributed by atoms with Crippen LogP contribution in [0.3, 0.4) is 0 Å². The van der Waals surface area contributed by atoms with Crippen LogP contribution in [0.5, 0.6) is 0 Å². The Kier molecular flexibility index (Phi) is 3.45. The Morgan fingerprint density at radius 1 is 1.33 bits per heavy atom. The van der Waals surface area contributed by atoms with Crippen molar-refractivity contribution >= 4 is 31.6 Å². The van der Waals surface area contributed by atoms with Crippen LogP contribution in [0.1, 0.15) is 11.3 Å². The van der Waals surface area contributed by atoms with Crippen molar-refractivity contribution in [2.24, 2.45) is 0 Å². The van der Waals surface area contributed by atoms with E-state index in [9.17, 15) is 8.42 Å². The number of aryl methyl sites for hydroxylation is 2. The fraction of sp³-hybridized carbons (Fsp3) is 0.182. The fourth-order valence-electron chi connectivity index (χ4n) is 1.53. The Morgan fingerprint density at radius 3 is 2.67 bits per heavy atom. The van der Waals surface area contributed by atoms with Crippen molar-refractivity contribution in [3.63, 3.8) is 0 Å². The van der Waals surface area contributed by atoms with Crippen LogP contribution in [-0.2, 0) is 10.0 Å². The fourth-order valence-corrected chi connectivity index (χ4v) is 3.21. The molecule has 0 amide bonds. The smallest absolute Gasteiger partial charge is 0.265 e. The lowest BCUT2D eigenvalue weighted by atomic mass is 10.2. The van der Waals surface area contributed by atoms with Gasteiger partial charge in [0.2, 0.25) is 0 Å². The van der Waals surface area contributed by atoms with Gasteiger partial charge in [0, 0.05) is 4.47 Å². The number of hydrogen-bond acceptors (Lipinski definition) is 3. The molecule has 0 aliphatic heterocycles. The maximum Gasteiger partial charge on any atom is 0.265 e. The van der Waals surface area contributed by atoms with Crippen LogP contribution in [0.4, 0.5) is 5.69 Å². The summed E-state index contributed by atoms with van der Waals surface area (Å²) in [5, 5.41) is 6.32. The van der Waals surface area contributed by atoms with Gasteiger partial charge >= 0.3 is 0 Å². The Morgan fingerprint density at radius 2 is 2.06 bits per heavy atom. The number of nitrogens with zero attached hydrogens (tertiary/aromatic N) is 1. The molecule has 1 aromatic carbocycles. The summed E-state index contributed by atoms with van der Waals surface area (Å²) in [5.74, 6) is 0. The maximum absolute atomic E-state index is 12.2. The number of sulfonamides is 1. The van der Waals surface area contributed by atoms with E-state index in [4.69, 9.17) is 0 Å². The number of anilines is 1. The Balaban J connectivity index is 2.40. The third kappa shape index (κ3) is 2.56. The van der Waals surface area contributed by atoms with Gasteiger partial charge in [0.05, 0.1) is 17.6 Å². The Bertz CT molecular complexity index is 679. The minimum atomic E-state index is -3.61. The predicted molar refractivity (Wildman–Crippen MR) is 73.0 cm³/mol. The van der Waals surface area contributed by atoms with Crippen LogP contribution >= 0.6 is 15.9 Å². The van der Waals surface area contributed by atoms with Crippen LogP contribution in [0.2, 0.25) is 0 Å². The highest BCUT2D eigenvalue weighted by Gasteiger charge is 2.19. The largest absolute Gasteiger partial charge is 0.281 e. The summed E-state index contributed by atoms with van der Waals surface area (Å²) in [7, 11) is -3.61. The average Bonchev–Trinajstić information content (AvgIpc) is 2.70. The van der Waals surface area contributed by atoms with E-state index in [1.165, 1.54) is 6.20 Å². The van der Waals surface area contributed by atoms with Gasteiger partial charge in [-0.1, -0.05) is 6.07 Å². The molecule has 5 nitrogen and oxygen atoms in total. The molecular weight excluding hydrogens is 318 g/mol. The molecule has 1 heterocycles. The molecule has 7 heteroatoms. The van der Waals surface area contributed by atoms with Gasteiger partial charge in [-0.05, 0) is 47.5 Å². The van der Waals surface area contributed by atoms with Crippen molar-refractivity contribution in [1.82, 2.24) is 10.2 Å². The van der Waals surface area contributed by atoms with Gasteiger partial charge in [0.1, 0.15) is 4.90 Å². The number of hydrogen-bond donors (Lipinski definition) is 2. The van der Waals surface area contributed by atoms with Gasteiger partial charge in [-0.3, -0.25) is 9.82 Å². The number of rotatable bonds is 3. The van der Waals surface area contributed by atoms with Gasteiger partial charge in [0.15, 0.2) is 0 Å². The molecule has 1 aromatic heterocycles. The summed E-state index contributed by atoms with van der Waals surface area (Å²) in [4.78, 5) is 0.149. The SMILES string of the molecule is Cc1ccc(Br)c(NS(=O)(=O)c2cn[nH]c2C)c1. The van der Waals surface area contributed by atoms with Crippen LogP contribution in [0.15, 0.2) is 33.8 Å². The van der Waals surface area contributed by atoms with E-state index in [1.54, 1.807) is 19.1 Å². The molecule has 0 saturated carbocycles. The molecule has 2 aromatic rings. The molecule has 0 fully saturated rings. The number of aromatic amines is 1. The van der Waals surface area contributed by atoms with E-state index in [1.807, 2.05) is 13.0 Å². The molecule has 0 spiro atoms. The van der Waals surface area contributed by atoms with Crippen molar-refractivity contribution in [2.75, 3.05) is 4.72 Å². The second-order valence-corrected chi connectivity index (χ2v) is 6.45. The first-order chi connectivity index (χ1) is 8.40. The summed E-state index contributed by atoms with van der Waals surface area (Å²) >= 11 is 3.31. The van der Waals surface area contributed by atoms with Crippen molar-refractivity contribution in [3.05, 3.63) is 40.1 Å². The summed E-state index contributed by atoms with van der Waals surface area (Å²) < 4.78 is 27.5. The highest BCUT2D eigenvalue weighted by molar-refractivity contribution is 9.10. The standard InChI is InChI=1S/C11H12BrN3O2S/c1-7-3-4-9(12)10(5-7)15-18(16,17)11-6-13-14-8(11)2/h3-6,15H,1-2H3,(H,13,14). The minimum Gasteiger partial charge on any atom is -0.281 e. The van der Waals surface area contributed by atoms with E-state index in [0.717, 1.165) is 5.56 Å². The first kappa shape index (κ1) is 13.1. The van der Waals surface area contributed by atoms with Crippen LogP contribution in [0, 0.1) is 13.8 Å². The maximum atomic E-state index is 12.2. The topological polar surface area (TPSA) is 74.8 Å². The molecule has 0 radical (unpaired) electrons. The molecule has 0 bridgehead atoms. The summed E-state index contributed by atoms with van der Waals surface area (Å²) in [6.45, 7) is 3.56. The number of H-pyrrole nitrogens is 1. The van der Waals surface area contributed by atoms with Gasteiger partial charge in [0.25, 0.3) is 10.0 Å². The minimum absolute atomic E-state index is 0.149. The van der Waals surface area contributed by atoms with Gasteiger partial charge in [-0.15, -0.1) is 0 Å². The van der Waals surface area contributed by atoms with Gasteiger partial charge < -0.3 is 0 Å². The third-order valence-corrected chi connectivity index (χ3v) is 4.61. The molecule has 2 N–H and O–H groups in total. The number of nitrogens with one attached hydrogen (secondary N) is 2. The lowest BCUT2D eigenvalue weighted by Crippen LogP contribution is -2.13. The van der Waals surface area contributed by atoms with E-state index < -0.39 is 10.0 Å². The molecule has 0 saturated heterocycles. The molecule has 0 aliphatic rings. The summed E-state index contributed by atoms with van der Waals surface area (Å²) in [6, 6.07) is 5.46. The molecule has 0 aliphatic carbocycles. The quantitative estimate of drug-likeness (QED) is 0.908. The molecule has 2 rings (SSSR count). The van der Waals surface area contributed by atoms with E-state index in [2.05, 4.69) is 30.8 Å². The van der Waals surface area contributed by atoms with Gasteiger partial charge in [-0.25, -0.2) is 8.42 Å². The lowest BCUT2D eigenvalue weighted by Gasteiger charge is -2.09. The van der Waals surface area contributed by atoms with Gasteiger partial charge in [-0.2, -0.15) is 5.10 Å². The number of halogens is 1. The Labute approximate surface area is 114 Å². The lowest BCUT2D eigenvalue weighted by molar-refractivity contribution is 0.600. The highest BCUT2D eigenvalue weighted by atomic mass is 79.9. The molecule has 0 atom stereocenters. The first-order valence-electron chi connectivity index (χ1n) is 5.19. The zero-order valence-electron chi connectivity index (χ0n) is 9.86. The number of benzene rings is 1. The van der Waals surface area contributed by atoms with E-state index >= 15 is 0 Å². The zero-order chi connectivity index (χ0) is 13.3. The second kappa shape index (κ2) is 4.74. The molecule has 18 heavy (non-hydrogen) atoms. The highest BCUT2D eigenvalue weighted by Crippen LogP contribution is 2.26. The van der Waals surface area contributed by atoms with Crippen LogP contribution in [0.25, 0.3) is 0 Å². The summed E-state index contributed by atoms with van der Waals surface area (Å²) in [5.41, 5.74) is 1.99. The monoisotopic (exact) mass is 329 g/mol. The third-order valence-electron chi connectivity index (χ3n) is 2.44. The zero-order valence-corrected chi connectivity index (χ0v) is 12.3. The second-order valence-electron chi connectivity index (χ2n) is 3.95. The van der Waals surface area contributed by atoms with E-state index in [-0.39, 0.29) is 4.90 Å². The van der Waals surface area contributed by atoms with Crippen molar-refractivity contribution in [1.29, 1.82) is 0 Å². The molecular formula is C11H12BrN3O2S. The summed E-state index contributed by atoms with van der Waals surface area (Å²) in [6.07, 6.45) is 1.29. The van der Waals surface area contributed by atoms with Crippen molar-refractivity contribution in [3.8, 4) is 0 Å². The Hall–Kier alpha value is -1.34. The number of aromatic nitrogens is 2.